The lowest BCUT2D eigenvalue weighted by Crippen LogP contribution is -2.39. The minimum Gasteiger partial charge on any atom is -0.491 e. The molecule has 2 aromatic heterocycles. The molecular weight excluding hydrogens is 374 g/mol. The Morgan fingerprint density at radius 1 is 1.21 bits per heavy atom. The van der Waals surface area contributed by atoms with Crippen molar-refractivity contribution in [3.8, 4) is 5.75 Å². The molecule has 6 nitrogen and oxygen atoms in total. The van der Waals surface area contributed by atoms with Crippen molar-refractivity contribution in [2.75, 3.05) is 19.7 Å². The SMILES string of the molecule is O=C(OCc1cncs1)N1CCC(CCOc2cccc3cccnc23)CC1. The average Bonchev–Trinajstić information content (AvgIpc) is 3.26. The first kappa shape index (κ1) is 18.7. The molecule has 28 heavy (non-hydrogen) atoms. The van der Waals surface area contributed by atoms with Crippen LogP contribution in [0.15, 0.2) is 48.2 Å². The topological polar surface area (TPSA) is 64.5 Å². The highest BCUT2D eigenvalue weighted by Gasteiger charge is 2.24. The molecular formula is C21H23N3O3S. The van der Waals surface area contributed by atoms with Crippen molar-refractivity contribution in [3.05, 3.63) is 53.1 Å². The van der Waals surface area contributed by atoms with E-state index in [-0.39, 0.29) is 6.09 Å². The number of para-hydroxylation sites is 1. The van der Waals surface area contributed by atoms with Crippen LogP contribution >= 0.6 is 11.3 Å². The van der Waals surface area contributed by atoms with Crippen molar-refractivity contribution in [2.24, 2.45) is 5.92 Å². The molecule has 0 unspecified atom stereocenters. The molecule has 1 aliphatic rings. The van der Waals surface area contributed by atoms with Gasteiger partial charge in [0.15, 0.2) is 0 Å². The third-order valence-electron chi connectivity index (χ3n) is 5.07. The summed E-state index contributed by atoms with van der Waals surface area (Å²) in [4.78, 5) is 23.4. The third-order valence-corrected chi connectivity index (χ3v) is 5.83. The number of fused-ring (bicyclic) bond motifs is 1. The Bertz CT molecular complexity index is 903. The quantitative estimate of drug-likeness (QED) is 0.612. The number of piperidine rings is 1. The molecule has 1 saturated heterocycles. The fourth-order valence-corrected chi connectivity index (χ4v) is 3.98. The Kier molecular flexibility index (Phi) is 6.01. The molecule has 1 aliphatic heterocycles. The van der Waals surface area contributed by atoms with Crippen LogP contribution in [0.1, 0.15) is 24.1 Å². The molecule has 0 radical (unpaired) electrons. The molecule has 0 spiro atoms. The van der Waals surface area contributed by atoms with Gasteiger partial charge in [0.25, 0.3) is 0 Å². The number of rotatable bonds is 6. The highest BCUT2D eigenvalue weighted by Crippen LogP contribution is 2.25. The van der Waals surface area contributed by atoms with Crippen molar-refractivity contribution in [2.45, 2.75) is 25.9 Å². The Balaban J connectivity index is 1.20. The Labute approximate surface area is 168 Å². The minimum atomic E-state index is -0.232. The van der Waals surface area contributed by atoms with Crippen LogP contribution < -0.4 is 4.74 Å². The number of ether oxygens (including phenoxy) is 2. The van der Waals surface area contributed by atoms with E-state index in [1.807, 2.05) is 30.3 Å². The molecule has 1 amide bonds. The van der Waals surface area contributed by atoms with Crippen LogP contribution in [0, 0.1) is 5.92 Å². The van der Waals surface area contributed by atoms with E-state index in [1.165, 1.54) is 11.3 Å². The van der Waals surface area contributed by atoms with Gasteiger partial charge >= 0.3 is 6.09 Å². The maximum atomic E-state index is 12.2. The van der Waals surface area contributed by atoms with E-state index < -0.39 is 0 Å². The van der Waals surface area contributed by atoms with Gasteiger partial charge in [0.1, 0.15) is 17.9 Å². The Hall–Kier alpha value is -2.67. The van der Waals surface area contributed by atoms with Crippen LogP contribution in [0.3, 0.4) is 0 Å². The second kappa shape index (κ2) is 9.01. The number of benzene rings is 1. The summed E-state index contributed by atoms with van der Waals surface area (Å²) in [7, 11) is 0. The summed E-state index contributed by atoms with van der Waals surface area (Å²) in [5, 5.41) is 1.09. The van der Waals surface area contributed by atoms with Crippen LogP contribution in [0.25, 0.3) is 10.9 Å². The van der Waals surface area contributed by atoms with Gasteiger partial charge in [0, 0.05) is 30.9 Å². The van der Waals surface area contributed by atoms with E-state index in [4.69, 9.17) is 9.47 Å². The standard InChI is InChI=1S/C21H23N3O3S/c25-21(27-14-18-13-22-15-28-18)24-10-6-16(7-11-24)8-12-26-19-5-1-3-17-4-2-9-23-20(17)19/h1-5,9,13,15-16H,6-8,10-12,14H2. The van der Waals surface area contributed by atoms with E-state index in [0.29, 0.717) is 19.1 Å². The van der Waals surface area contributed by atoms with Gasteiger partial charge in [-0.15, -0.1) is 11.3 Å². The lowest BCUT2D eigenvalue weighted by molar-refractivity contribution is 0.0807. The molecule has 0 atom stereocenters. The van der Waals surface area contributed by atoms with Gasteiger partial charge in [-0.05, 0) is 37.3 Å². The third kappa shape index (κ3) is 4.59. The predicted octanol–water partition coefficient (Wildman–Crippen LogP) is 4.51. The number of likely N-dealkylation sites (tertiary alicyclic amines) is 1. The molecule has 3 aromatic rings. The van der Waals surface area contributed by atoms with Crippen LogP contribution in [0.2, 0.25) is 0 Å². The maximum absolute atomic E-state index is 12.2. The van der Waals surface area contributed by atoms with E-state index in [2.05, 4.69) is 9.97 Å². The number of amides is 1. The van der Waals surface area contributed by atoms with E-state index in [1.54, 1.807) is 22.8 Å². The summed E-state index contributed by atoms with van der Waals surface area (Å²) in [6.45, 7) is 2.44. The zero-order valence-corrected chi connectivity index (χ0v) is 16.4. The predicted molar refractivity (Wildman–Crippen MR) is 108 cm³/mol. The normalized spacial score (nSPS) is 14.9. The number of carbonyl (C=O) groups is 1. The van der Waals surface area contributed by atoms with Gasteiger partial charge in [-0.1, -0.05) is 18.2 Å². The number of carbonyl (C=O) groups excluding carboxylic acids is 1. The van der Waals surface area contributed by atoms with Gasteiger partial charge < -0.3 is 14.4 Å². The lowest BCUT2D eigenvalue weighted by atomic mass is 9.94. The molecule has 146 valence electrons. The van der Waals surface area contributed by atoms with Gasteiger partial charge in [-0.2, -0.15) is 0 Å². The fraction of sp³-hybridized carbons (Fsp3) is 0.381. The first-order valence-electron chi connectivity index (χ1n) is 9.55. The molecule has 1 fully saturated rings. The van der Waals surface area contributed by atoms with Crippen molar-refractivity contribution in [1.82, 2.24) is 14.9 Å². The first-order valence-corrected chi connectivity index (χ1v) is 10.4. The van der Waals surface area contributed by atoms with Gasteiger partial charge in [0.2, 0.25) is 0 Å². The summed E-state index contributed by atoms with van der Waals surface area (Å²) >= 11 is 1.49. The molecule has 7 heteroatoms. The summed E-state index contributed by atoms with van der Waals surface area (Å²) in [5.41, 5.74) is 2.65. The van der Waals surface area contributed by atoms with Crippen molar-refractivity contribution >= 4 is 28.3 Å². The highest BCUT2D eigenvalue weighted by molar-refractivity contribution is 7.09. The zero-order valence-electron chi connectivity index (χ0n) is 15.6. The average molecular weight is 398 g/mol. The largest absolute Gasteiger partial charge is 0.491 e. The number of nitrogens with zero attached hydrogens (tertiary/aromatic N) is 3. The van der Waals surface area contributed by atoms with Gasteiger partial charge in [-0.3, -0.25) is 9.97 Å². The smallest absolute Gasteiger partial charge is 0.410 e. The second-order valence-electron chi connectivity index (χ2n) is 6.92. The van der Waals surface area contributed by atoms with Crippen molar-refractivity contribution < 1.29 is 14.3 Å². The number of hydrogen-bond donors (Lipinski definition) is 0. The molecule has 3 heterocycles. The van der Waals surface area contributed by atoms with Crippen LogP contribution in [0.4, 0.5) is 4.79 Å². The summed E-state index contributed by atoms with van der Waals surface area (Å²) < 4.78 is 11.4. The van der Waals surface area contributed by atoms with Crippen LogP contribution in [-0.4, -0.2) is 40.7 Å². The molecule has 0 N–H and O–H groups in total. The maximum Gasteiger partial charge on any atom is 0.410 e. The molecule has 0 aliphatic carbocycles. The lowest BCUT2D eigenvalue weighted by Gasteiger charge is -2.31. The van der Waals surface area contributed by atoms with Crippen molar-refractivity contribution in [1.29, 1.82) is 0 Å². The molecule has 1 aromatic carbocycles. The van der Waals surface area contributed by atoms with E-state index >= 15 is 0 Å². The monoisotopic (exact) mass is 397 g/mol. The fourth-order valence-electron chi connectivity index (χ4n) is 3.47. The summed E-state index contributed by atoms with van der Waals surface area (Å²) in [5.74, 6) is 1.40. The highest BCUT2D eigenvalue weighted by atomic mass is 32.1. The van der Waals surface area contributed by atoms with E-state index in [9.17, 15) is 4.79 Å². The first-order chi connectivity index (χ1) is 13.8. The number of thiazole rings is 1. The summed E-state index contributed by atoms with van der Waals surface area (Å²) in [6, 6.07) is 9.98. The van der Waals surface area contributed by atoms with Gasteiger partial charge in [0.05, 0.1) is 17.0 Å². The summed E-state index contributed by atoms with van der Waals surface area (Å²) in [6.07, 6.45) is 6.23. The Morgan fingerprint density at radius 2 is 2.07 bits per heavy atom. The molecule has 0 saturated carbocycles. The second-order valence-corrected chi connectivity index (χ2v) is 7.89. The van der Waals surface area contributed by atoms with Crippen LogP contribution in [0.5, 0.6) is 5.75 Å². The minimum absolute atomic E-state index is 0.232. The number of hydrogen-bond acceptors (Lipinski definition) is 6. The van der Waals surface area contributed by atoms with Crippen LogP contribution in [-0.2, 0) is 11.3 Å². The van der Waals surface area contributed by atoms with Gasteiger partial charge in [-0.25, -0.2) is 4.79 Å². The van der Waals surface area contributed by atoms with Crippen molar-refractivity contribution in [3.63, 3.8) is 0 Å². The number of pyridine rings is 1. The Morgan fingerprint density at radius 3 is 2.89 bits per heavy atom. The van der Waals surface area contributed by atoms with E-state index in [0.717, 1.165) is 53.9 Å². The molecule has 0 bridgehead atoms. The number of aromatic nitrogens is 2. The zero-order chi connectivity index (χ0) is 19.2. The molecule has 4 rings (SSSR count).